The number of amides is 1. The van der Waals surface area contributed by atoms with Gasteiger partial charge in [-0.1, -0.05) is 25.0 Å². The van der Waals surface area contributed by atoms with Crippen molar-refractivity contribution in [2.24, 2.45) is 0 Å². The van der Waals surface area contributed by atoms with Gasteiger partial charge in [0.15, 0.2) is 0 Å². The normalized spacial score (nSPS) is 14.8. The summed E-state index contributed by atoms with van der Waals surface area (Å²) in [5.41, 5.74) is 1.50. The van der Waals surface area contributed by atoms with Crippen LogP contribution < -0.4 is 10.1 Å². The van der Waals surface area contributed by atoms with Crippen LogP contribution in [-0.2, 0) is 26.0 Å². The van der Waals surface area contributed by atoms with Crippen molar-refractivity contribution < 1.29 is 27.5 Å². The van der Waals surface area contributed by atoms with Crippen molar-refractivity contribution in [1.82, 2.24) is 4.31 Å². The van der Waals surface area contributed by atoms with Gasteiger partial charge >= 0.3 is 5.97 Å². The van der Waals surface area contributed by atoms with E-state index in [1.54, 1.807) is 31.2 Å². The van der Waals surface area contributed by atoms with Gasteiger partial charge in [-0.25, -0.2) is 8.42 Å². The lowest BCUT2D eigenvalue weighted by Gasteiger charge is -2.21. The summed E-state index contributed by atoms with van der Waals surface area (Å²) in [4.78, 5) is 24.4. The Balaban J connectivity index is 1.78. The molecule has 0 unspecified atom stereocenters. The Morgan fingerprint density at radius 1 is 1.00 bits per heavy atom. The zero-order valence-corrected chi connectivity index (χ0v) is 19.8. The number of sulfonamides is 1. The van der Waals surface area contributed by atoms with E-state index in [0.717, 1.165) is 31.2 Å². The molecule has 9 heteroatoms. The molecule has 1 amide bonds. The standard InChI is InChI=1S/C24H30N2O6S/c1-3-32-23(27)16-18-8-11-20(12-9-18)25-24(28)19-10-13-21(31-2)22(17-19)33(29,30)26-14-6-4-5-7-15-26/h8-13,17H,3-7,14-16H2,1-2H3,(H,25,28). The number of esters is 1. The SMILES string of the molecule is CCOC(=O)Cc1ccc(NC(=O)c2ccc(OC)c(S(=O)(=O)N3CCCCCC3)c2)cc1. The zero-order valence-electron chi connectivity index (χ0n) is 19.0. The molecular weight excluding hydrogens is 444 g/mol. The van der Waals surface area contributed by atoms with Crippen LogP contribution in [0.3, 0.4) is 0 Å². The Morgan fingerprint density at radius 2 is 1.67 bits per heavy atom. The van der Waals surface area contributed by atoms with E-state index >= 15 is 0 Å². The monoisotopic (exact) mass is 474 g/mol. The van der Waals surface area contributed by atoms with Gasteiger partial charge in [0.1, 0.15) is 10.6 Å². The van der Waals surface area contributed by atoms with E-state index in [1.165, 1.54) is 29.6 Å². The third-order valence-corrected chi connectivity index (χ3v) is 7.39. The van der Waals surface area contributed by atoms with E-state index in [9.17, 15) is 18.0 Å². The lowest BCUT2D eigenvalue weighted by atomic mass is 10.1. The molecule has 178 valence electrons. The van der Waals surface area contributed by atoms with E-state index in [2.05, 4.69) is 5.32 Å². The highest BCUT2D eigenvalue weighted by molar-refractivity contribution is 7.89. The fraction of sp³-hybridized carbons (Fsp3) is 0.417. The van der Waals surface area contributed by atoms with Crippen LogP contribution in [0.25, 0.3) is 0 Å². The fourth-order valence-electron chi connectivity index (χ4n) is 3.73. The molecule has 0 aromatic heterocycles. The zero-order chi connectivity index (χ0) is 23.8. The van der Waals surface area contributed by atoms with Crippen LogP contribution in [-0.4, -0.2) is 51.4 Å². The average Bonchev–Trinajstić information content (AvgIpc) is 3.10. The maximum atomic E-state index is 13.3. The van der Waals surface area contributed by atoms with Crippen LogP contribution in [0.5, 0.6) is 5.75 Å². The van der Waals surface area contributed by atoms with E-state index in [-0.39, 0.29) is 28.6 Å². The van der Waals surface area contributed by atoms with Crippen molar-refractivity contribution in [3.63, 3.8) is 0 Å². The number of ether oxygens (including phenoxy) is 2. The number of carbonyl (C=O) groups excluding carboxylic acids is 2. The van der Waals surface area contributed by atoms with Gasteiger partial charge in [0.25, 0.3) is 5.91 Å². The smallest absolute Gasteiger partial charge is 0.310 e. The summed E-state index contributed by atoms with van der Waals surface area (Å²) in [5.74, 6) is -0.548. The molecule has 3 rings (SSSR count). The minimum Gasteiger partial charge on any atom is -0.495 e. The Labute approximate surface area is 194 Å². The largest absolute Gasteiger partial charge is 0.495 e. The minimum atomic E-state index is -3.79. The maximum Gasteiger partial charge on any atom is 0.310 e. The lowest BCUT2D eigenvalue weighted by Crippen LogP contribution is -2.32. The predicted octanol–water partition coefficient (Wildman–Crippen LogP) is 3.62. The fourth-order valence-corrected chi connectivity index (χ4v) is 5.43. The Kier molecular flexibility index (Phi) is 8.46. The Morgan fingerprint density at radius 3 is 2.27 bits per heavy atom. The second-order valence-electron chi connectivity index (χ2n) is 7.82. The summed E-state index contributed by atoms with van der Waals surface area (Å²) in [5, 5.41) is 2.77. The van der Waals surface area contributed by atoms with Crippen molar-refractivity contribution in [2.45, 2.75) is 43.9 Å². The number of rotatable bonds is 8. The first kappa shape index (κ1) is 24.7. The molecule has 0 saturated carbocycles. The van der Waals surface area contributed by atoms with Gasteiger partial charge in [-0.15, -0.1) is 0 Å². The molecule has 1 fully saturated rings. The molecular formula is C24H30N2O6S. The van der Waals surface area contributed by atoms with Crippen molar-refractivity contribution in [3.8, 4) is 5.75 Å². The number of nitrogens with one attached hydrogen (secondary N) is 1. The summed E-state index contributed by atoms with van der Waals surface area (Å²) in [6.45, 7) is 2.99. The van der Waals surface area contributed by atoms with Crippen LogP contribution >= 0.6 is 0 Å². The quantitative estimate of drug-likeness (QED) is 0.587. The second-order valence-corrected chi connectivity index (χ2v) is 9.72. The summed E-state index contributed by atoms with van der Waals surface area (Å²) in [6, 6.07) is 11.2. The highest BCUT2D eigenvalue weighted by Crippen LogP contribution is 2.29. The van der Waals surface area contributed by atoms with Crippen LogP contribution in [0.4, 0.5) is 5.69 Å². The summed E-state index contributed by atoms with van der Waals surface area (Å²) in [6.07, 6.45) is 3.79. The molecule has 2 aromatic rings. The summed E-state index contributed by atoms with van der Waals surface area (Å²) < 4.78 is 38.3. The van der Waals surface area contributed by atoms with Crippen molar-refractivity contribution >= 4 is 27.6 Å². The molecule has 0 atom stereocenters. The number of hydrogen-bond donors (Lipinski definition) is 1. The first-order valence-corrected chi connectivity index (χ1v) is 12.5. The van der Waals surface area contributed by atoms with Gasteiger partial charge in [0.05, 0.1) is 20.1 Å². The highest BCUT2D eigenvalue weighted by Gasteiger charge is 2.29. The molecule has 0 spiro atoms. The topological polar surface area (TPSA) is 102 Å². The molecule has 1 N–H and O–H groups in total. The molecule has 2 aromatic carbocycles. The molecule has 8 nitrogen and oxygen atoms in total. The van der Waals surface area contributed by atoms with E-state index < -0.39 is 15.9 Å². The number of carbonyl (C=O) groups is 2. The molecule has 1 aliphatic rings. The second kappa shape index (κ2) is 11.3. The molecule has 1 saturated heterocycles. The van der Waals surface area contributed by atoms with Crippen LogP contribution in [0.2, 0.25) is 0 Å². The number of hydrogen-bond acceptors (Lipinski definition) is 6. The van der Waals surface area contributed by atoms with E-state index in [4.69, 9.17) is 9.47 Å². The van der Waals surface area contributed by atoms with Crippen molar-refractivity contribution in [1.29, 1.82) is 0 Å². The maximum absolute atomic E-state index is 13.3. The molecule has 1 aliphatic heterocycles. The summed E-state index contributed by atoms with van der Waals surface area (Å²) in [7, 11) is -2.38. The van der Waals surface area contributed by atoms with Crippen LogP contribution in [0.1, 0.15) is 48.5 Å². The third-order valence-electron chi connectivity index (χ3n) is 5.47. The van der Waals surface area contributed by atoms with Gasteiger partial charge in [-0.3, -0.25) is 9.59 Å². The number of nitrogens with zero attached hydrogens (tertiary/aromatic N) is 1. The first-order chi connectivity index (χ1) is 15.8. The minimum absolute atomic E-state index is 0.00988. The first-order valence-electron chi connectivity index (χ1n) is 11.1. The Hall–Kier alpha value is -2.91. The van der Waals surface area contributed by atoms with E-state index in [0.29, 0.717) is 25.4 Å². The highest BCUT2D eigenvalue weighted by atomic mass is 32.2. The van der Waals surface area contributed by atoms with Gasteiger partial charge in [0, 0.05) is 24.3 Å². The van der Waals surface area contributed by atoms with Crippen LogP contribution in [0.15, 0.2) is 47.4 Å². The number of anilines is 1. The predicted molar refractivity (Wildman–Crippen MR) is 125 cm³/mol. The van der Waals surface area contributed by atoms with Crippen molar-refractivity contribution in [3.05, 3.63) is 53.6 Å². The van der Waals surface area contributed by atoms with E-state index in [1.807, 2.05) is 0 Å². The molecule has 1 heterocycles. The van der Waals surface area contributed by atoms with Gasteiger partial charge < -0.3 is 14.8 Å². The Bertz CT molecular complexity index is 1070. The molecule has 33 heavy (non-hydrogen) atoms. The summed E-state index contributed by atoms with van der Waals surface area (Å²) >= 11 is 0. The van der Waals surface area contributed by atoms with Crippen molar-refractivity contribution in [2.75, 3.05) is 32.1 Å². The van der Waals surface area contributed by atoms with Crippen LogP contribution in [0, 0.1) is 0 Å². The van der Waals surface area contributed by atoms with Gasteiger partial charge in [-0.05, 0) is 55.7 Å². The molecule has 0 aliphatic carbocycles. The molecule has 0 bridgehead atoms. The molecule has 0 radical (unpaired) electrons. The third kappa shape index (κ3) is 6.33. The number of benzene rings is 2. The van der Waals surface area contributed by atoms with Gasteiger partial charge in [-0.2, -0.15) is 4.31 Å². The number of methoxy groups -OCH3 is 1. The lowest BCUT2D eigenvalue weighted by molar-refractivity contribution is -0.142. The average molecular weight is 475 g/mol. The van der Waals surface area contributed by atoms with Gasteiger partial charge in [0.2, 0.25) is 10.0 Å².